The number of aliphatic carboxylic acids is 1. The van der Waals surface area contributed by atoms with Crippen LogP contribution < -0.4 is 9.46 Å². The Morgan fingerprint density at radius 2 is 2.14 bits per heavy atom. The van der Waals surface area contributed by atoms with E-state index in [9.17, 15) is 18.3 Å². The highest BCUT2D eigenvalue weighted by Crippen LogP contribution is 2.39. The number of benzene rings is 1. The normalized spacial score (nSPS) is 17.0. The molecule has 21 heavy (non-hydrogen) atoms. The summed E-state index contributed by atoms with van der Waals surface area (Å²) >= 11 is 5.89. The lowest BCUT2D eigenvalue weighted by atomic mass is 9.84. The van der Waals surface area contributed by atoms with E-state index >= 15 is 0 Å². The maximum atomic E-state index is 12.2. The Kier molecular flexibility index (Phi) is 4.46. The highest BCUT2D eigenvalue weighted by molar-refractivity contribution is 7.91. The Morgan fingerprint density at radius 3 is 2.62 bits per heavy atom. The van der Waals surface area contributed by atoms with Crippen LogP contribution in [0.2, 0.25) is 5.02 Å². The Labute approximate surface area is 128 Å². The van der Waals surface area contributed by atoms with E-state index < -0.39 is 20.7 Å². The summed E-state index contributed by atoms with van der Waals surface area (Å²) < 4.78 is 30.2. The zero-order valence-corrected chi connectivity index (χ0v) is 13.0. The molecule has 0 bridgehead atoms. The minimum atomic E-state index is -3.94. The van der Waals surface area contributed by atoms with Crippen LogP contribution in [-0.2, 0) is 21.4 Å². The fraction of sp³-hybridized carbons (Fsp3) is 0.462. The Morgan fingerprint density at radius 1 is 1.48 bits per heavy atom. The van der Waals surface area contributed by atoms with Gasteiger partial charge in [-0.15, -0.1) is 0 Å². The van der Waals surface area contributed by atoms with Crippen molar-refractivity contribution in [2.24, 2.45) is 0 Å². The van der Waals surface area contributed by atoms with Crippen LogP contribution in [0.5, 0.6) is 5.75 Å². The summed E-state index contributed by atoms with van der Waals surface area (Å²) in [5.41, 5.74) is 0.639. The van der Waals surface area contributed by atoms with Crippen LogP contribution in [0.3, 0.4) is 0 Å². The summed E-state index contributed by atoms with van der Waals surface area (Å²) in [6, 6.07) is 4.86. The molecule has 0 spiro atoms. The minimum absolute atomic E-state index is 0.00904. The molecule has 2 N–H and O–H groups in total. The molecular formula is C13H16ClNO5S. The second kappa shape index (κ2) is 5.82. The first kappa shape index (κ1) is 16.1. The minimum Gasteiger partial charge on any atom is -0.495 e. The van der Waals surface area contributed by atoms with E-state index in [0.717, 1.165) is 0 Å². The van der Waals surface area contributed by atoms with Gasteiger partial charge in [-0.05, 0) is 37.0 Å². The molecule has 8 heteroatoms. The van der Waals surface area contributed by atoms with Crippen LogP contribution in [0.1, 0.15) is 24.8 Å². The Bertz CT molecular complexity index is 655. The number of carbonyl (C=O) groups is 1. The molecule has 0 aromatic heterocycles. The topological polar surface area (TPSA) is 92.7 Å². The molecule has 0 aliphatic heterocycles. The molecule has 1 aliphatic rings. The maximum absolute atomic E-state index is 12.2. The second-order valence-electron chi connectivity index (χ2n) is 4.95. The molecule has 1 fully saturated rings. The van der Waals surface area contributed by atoms with E-state index in [4.69, 9.17) is 16.3 Å². The van der Waals surface area contributed by atoms with Crippen LogP contribution in [0, 0.1) is 0 Å². The summed E-state index contributed by atoms with van der Waals surface area (Å²) in [7, 11) is -2.47. The molecule has 0 radical (unpaired) electrons. The van der Waals surface area contributed by atoms with Gasteiger partial charge in [-0.1, -0.05) is 17.7 Å². The zero-order valence-electron chi connectivity index (χ0n) is 11.4. The van der Waals surface area contributed by atoms with E-state index in [1.54, 1.807) is 18.2 Å². The van der Waals surface area contributed by atoms with Gasteiger partial charge < -0.3 is 9.84 Å². The number of ether oxygens (including phenoxy) is 1. The molecule has 0 saturated heterocycles. The first-order chi connectivity index (χ1) is 9.82. The molecule has 0 atom stereocenters. The van der Waals surface area contributed by atoms with Gasteiger partial charge in [-0.2, -0.15) is 0 Å². The fourth-order valence-corrected chi connectivity index (χ4v) is 4.11. The van der Waals surface area contributed by atoms with Crippen molar-refractivity contribution in [2.45, 2.75) is 30.6 Å². The quantitative estimate of drug-likeness (QED) is 0.827. The van der Waals surface area contributed by atoms with Crippen molar-refractivity contribution in [3.8, 4) is 5.75 Å². The molecule has 116 valence electrons. The number of halogens is 1. The van der Waals surface area contributed by atoms with Gasteiger partial charge in [0.1, 0.15) is 5.75 Å². The average molecular weight is 334 g/mol. The average Bonchev–Trinajstić information content (AvgIpc) is 2.35. The smallest absolute Gasteiger partial charge is 0.326 e. The molecular weight excluding hydrogens is 318 g/mol. The molecule has 6 nitrogen and oxygen atoms in total. The molecule has 1 saturated carbocycles. The largest absolute Gasteiger partial charge is 0.495 e. The van der Waals surface area contributed by atoms with Gasteiger partial charge in [0.05, 0.1) is 12.1 Å². The number of nitrogens with one attached hydrogen (secondary N) is 1. The highest BCUT2D eigenvalue weighted by Gasteiger charge is 2.55. The zero-order chi connectivity index (χ0) is 15.7. The lowest BCUT2D eigenvalue weighted by molar-refractivity contribution is -0.142. The molecule has 0 amide bonds. The summed E-state index contributed by atoms with van der Waals surface area (Å²) in [5, 5.41) is 9.60. The van der Waals surface area contributed by atoms with E-state index in [1.807, 2.05) is 0 Å². The van der Waals surface area contributed by atoms with Gasteiger partial charge in [-0.25, -0.2) is 13.1 Å². The fourth-order valence-electron chi connectivity index (χ4n) is 2.23. The molecule has 1 aromatic rings. The summed E-state index contributed by atoms with van der Waals surface area (Å²) in [6.45, 7) is -0.00904. The number of hydrogen-bond donors (Lipinski definition) is 2. The van der Waals surface area contributed by atoms with Crippen molar-refractivity contribution in [1.29, 1.82) is 0 Å². The number of rotatable bonds is 6. The lowest BCUT2D eigenvalue weighted by Crippen LogP contribution is -2.56. The van der Waals surface area contributed by atoms with Crippen molar-refractivity contribution in [3.05, 3.63) is 28.8 Å². The van der Waals surface area contributed by atoms with E-state index in [-0.39, 0.29) is 19.4 Å². The molecule has 0 heterocycles. The van der Waals surface area contributed by atoms with Crippen molar-refractivity contribution in [1.82, 2.24) is 4.72 Å². The van der Waals surface area contributed by atoms with Gasteiger partial charge in [0.2, 0.25) is 10.0 Å². The van der Waals surface area contributed by atoms with Crippen LogP contribution in [0.25, 0.3) is 0 Å². The molecule has 0 unspecified atom stereocenters. The molecule has 2 rings (SSSR count). The van der Waals surface area contributed by atoms with Crippen molar-refractivity contribution < 1.29 is 23.1 Å². The van der Waals surface area contributed by atoms with E-state index in [1.165, 1.54) is 7.11 Å². The Balaban J connectivity index is 2.14. The first-order valence-electron chi connectivity index (χ1n) is 6.37. The van der Waals surface area contributed by atoms with Gasteiger partial charge >= 0.3 is 5.97 Å². The van der Waals surface area contributed by atoms with Gasteiger partial charge in [0.25, 0.3) is 0 Å². The van der Waals surface area contributed by atoms with Gasteiger partial charge in [0, 0.05) is 6.54 Å². The maximum Gasteiger partial charge on any atom is 0.326 e. The summed E-state index contributed by atoms with van der Waals surface area (Å²) in [5.74, 6) is -0.861. The van der Waals surface area contributed by atoms with Crippen molar-refractivity contribution in [2.75, 3.05) is 7.11 Å². The van der Waals surface area contributed by atoms with Crippen LogP contribution >= 0.6 is 11.6 Å². The molecule has 1 aliphatic carbocycles. The van der Waals surface area contributed by atoms with Crippen molar-refractivity contribution >= 4 is 27.6 Å². The van der Waals surface area contributed by atoms with Crippen LogP contribution in [0.4, 0.5) is 0 Å². The van der Waals surface area contributed by atoms with Crippen molar-refractivity contribution in [3.63, 3.8) is 0 Å². The third-order valence-electron chi connectivity index (χ3n) is 3.75. The molecule has 1 aromatic carbocycles. The predicted octanol–water partition coefficient (Wildman–Crippen LogP) is 1.78. The third-order valence-corrected chi connectivity index (χ3v) is 6.20. The number of methoxy groups -OCH3 is 1. The van der Waals surface area contributed by atoms with Gasteiger partial charge in [-0.3, -0.25) is 4.79 Å². The SMILES string of the molecule is COc1cc(CNS(=O)(=O)C2(C(=O)O)CCC2)ccc1Cl. The third kappa shape index (κ3) is 2.86. The van der Waals surface area contributed by atoms with Gasteiger partial charge in [0.15, 0.2) is 4.75 Å². The van der Waals surface area contributed by atoms with E-state index in [2.05, 4.69) is 4.72 Å². The van der Waals surface area contributed by atoms with E-state index in [0.29, 0.717) is 22.8 Å². The second-order valence-corrected chi connectivity index (χ2v) is 7.43. The highest BCUT2D eigenvalue weighted by atomic mass is 35.5. The number of hydrogen-bond acceptors (Lipinski definition) is 4. The monoisotopic (exact) mass is 333 g/mol. The lowest BCUT2D eigenvalue weighted by Gasteiger charge is -2.36. The Hall–Kier alpha value is -1.31. The summed E-state index contributed by atoms with van der Waals surface area (Å²) in [4.78, 5) is 11.3. The number of carboxylic acid groups (broad SMARTS) is 1. The van der Waals surface area contributed by atoms with Crippen LogP contribution in [-0.4, -0.2) is 31.4 Å². The first-order valence-corrected chi connectivity index (χ1v) is 8.23. The predicted molar refractivity (Wildman–Crippen MR) is 78.0 cm³/mol. The summed E-state index contributed by atoms with van der Waals surface area (Å²) in [6.07, 6.45) is 0.880. The van der Waals surface area contributed by atoms with Crippen LogP contribution in [0.15, 0.2) is 18.2 Å². The number of sulfonamides is 1. The number of carboxylic acids is 1. The standard InChI is InChI=1S/C13H16ClNO5S/c1-20-11-7-9(3-4-10(11)14)8-15-21(18,19)13(12(16)17)5-2-6-13/h3-4,7,15H,2,5-6,8H2,1H3,(H,16,17).